The summed E-state index contributed by atoms with van der Waals surface area (Å²) in [6, 6.07) is 8.93. The minimum absolute atomic E-state index is 0.234. The number of amides is 2. The maximum Gasteiger partial charge on any atom is 0.323 e. The van der Waals surface area contributed by atoms with E-state index in [0.29, 0.717) is 22.2 Å². The fourth-order valence-corrected chi connectivity index (χ4v) is 3.19. The summed E-state index contributed by atoms with van der Waals surface area (Å²) < 4.78 is 1.41. The van der Waals surface area contributed by atoms with Crippen LogP contribution < -0.4 is 10.9 Å². The predicted molar refractivity (Wildman–Crippen MR) is 99.4 cm³/mol. The van der Waals surface area contributed by atoms with Crippen LogP contribution in [0.5, 0.6) is 0 Å². The molecule has 0 saturated carbocycles. The summed E-state index contributed by atoms with van der Waals surface area (Å²) in [6.45, 7) is 1.43. The van der Waals surface area contributed by atoms with Gasteiger partial charge in [-0.3, -0.25) is 15.2 Å². The summed E-state index contributed by atoms with van der Waals surface area (Å²) in [5, 5.41) is 13.9. The van der Waals surface area contributed by atoms with E-state index >= 15 is 0 Å². The lowest BCUT2D eigenvalue weighted by molar-refractivity contribution is 0.222. The number of para-hydroxylation sites is 1. The number of fused-ring (bicyclic) bond motifs is 1. The molecule has 1 aliphatic rings. The van der Waals surface area contributed by atoms with Crippen molar-refractivity contribution in [3.05, 3.63) is 52.4 Å². The molecule has 0 unspecified atom stereocenters. The molecule has 0 bridgehead atoms. The van der Waals surface area contributed by atoms with Crippen LogP contribution in [-0.2, 0) is 0 Å². The van der Waals surface area contributed by atoms with Gasteiger partial charge in [0.1, 0.15) is 5.82 Å². The Bertz CT molecular complexity index is 1030. The van der Waals surface area contributed by atoms with Crippen LogP contribution in [0, 0.1) is 5.41 Å². The van der Waals surface area contributed by atoms with Gasteiger partial charge >= 0.3 is 6.03 Å². The normalized spacial score (nSPS) is 13.9. The second-order valence-electron chi connectivity index (χ2n) is 6.17. The Labute approximate surface area is 148 Å². The number of hydrogen-bond donors (Lipinski definition) is 3. The van der Waals surface area contributed by atoms with Gasteiger partial charge in [0.2, 0.25) is 0 Å². The molecule has 3 aromatic rings. The van der Waals surface area contributed by atoms with Gasteiger partial charge in [-0.1, -0.05) is 18.2 Å². The summed E-state index contributed by atoms with van der Waals surface area (Å²) in [5.41, 5.74) is 1.29. The molecule has 2 amide bonds. The predicted octanol–water partition coefficient (Wildman–Crippen LogP) is 2.34. The third-order valence-electron chi connectivity index (χ3n) is 4.55. The van der Waals surface area contributed by atoms with E-state index in [4.69, 9.17) is 5.41 Å². The molecule has 4 rings (SSSR count). The third kappa shape index (κ3) is 2.65. The zero-order chi connectivity index (χ0) is 18.1. The number of rotatable bonds is 3. The summed E-state index contributed by atoms with van der Waals surface area (Å²) in [5.74, 6) is 0.269. The molecule has 8 heteroatoms. The van der Waals surface area contributed by atoms with E-state index in [1.807, 2.05) is 30.3 Å². The molecule has 26 heavy (non-hydrogen) atoms. The highest BCUT2D eigenvalue weighted by molar-refractivity contribution is 6.04. The lowest BCUT2D eigenvalue weighted by Gasteiger charge is -2.16. The van der Waals surface area contributed by atoms with Gasteiger partial charge < -0.3 is 10.3 Å². The first-order valence-electron chi connectivity index (χ1n) is 8.44. The number of anilines is 1. The lowest BCUT2D eigenvalue weighted by Crippen LogP contribution is -2.32. The third-order valence-corrected chi connectivity index (χ3v) is 4.55. The number of pyridine rings is 1. The van der Waals surface area contributed by atoms with Crippen molar-refractivity contribution in [3.63, 3.8) is 0 Å². The van der Waals surface area contributed by atoms with E-state index in [1.165, 1.54) is 10.9 Å². The van der Waals surface area contributed by atoms with Gasteiger partial charge in [0.25, 0.3) is 5.56 Å². The fraction of sp³-hybridized carbons (Fsp3) is 0.222. The monoisotopic (exact) mass is 350 g/mol. The molecule has 1 aliphatic heterocycles. The molecule has 8 nitrogen and oxygen atoms in total. The van der Waals surface area contributed by atoms with Crippen molar-refractivity contribution in [2.75, 3.05) is 18.4 Å². The summed E-state index contributed by atoms with van der Waals surface area (Å²) in [6.07, 6.45) is 4.51. The highest BCUT2D eigenvalue weighted by atomic mass is 16.2. The summed E-state index contributed by atoms with van der Waals surface area (Å²) in [4.78, 5) is 30.9. The second-order valence-corrected chi connectivity index (χ2v) is 6.17. The van der Waals surface area contributed by atoms with Gasteiger partial charge in [0, 0.05) is 25.5 Å². The van der Waals surface area contributed by atoms with Crippen LogP contribution in [0.25, 0.3) is 16.6 Å². The minimum Gasteiger partial charge on any atom is -0.324 e. The number of urea groups is 1. The number of H-pyrrole nitrogens is 1. The van der Waals surface area contributed by atoms with Gasteiger partial charge in [0.15, 0.2) is 0 Å². The smallest absolute Gasteiger partial charge is 0.323 e. The second kappa shape index (κ2) is 6.47. The molecule has 1 saturated heterocycles. The van der Waals surface area contributed by atoms with Gasteiger partial charge in [-0.15, -0.1) is 0 Å². The van der Waals surface area contributed by atoms with Crippen molar-refractivity contribution in [3.8, 4) is 5.69 Å². The number of carbonyl (C=O) groups excluding carboxylic acids is 1. The van der Waals surface area contributed by atoms with Crippen LogP contribution in [-0.4, -0.2) is 45.0 Å². The van der Waals surface area contributed by atoms with Crippen LogP contribution in [0.4, 0.5) is 10.6 Å². The van der Waals surface area contributed by atoms with Crippen LogP contribution in [0.1, 0.15) is 18.4 Å². The van der Waals surface area contributed by atoms with Gasteiger partial charge in [-0.05, 0) is 25.0 Å². The van der Waals surface area contributed by atoms with E-state index < -0.39 is 0 Å². The van der Waals surface area contributed by atoms with E-state index in [2.05, 4.69) is 15.4 Å². The van der Waals surface area contributed by atoms with Crippen LogP contribution in [0.3, 0.4) is 0 Å². The van der Waals surface area contributed by atoms with Crippen molar-refractivity contribution < 1.29 is 4.79 Å². The molecule has 2 aromatic heterocycles. The Morgan fingerprint density at radius 3 is 2.65 bits per heavy atom. The number of nitrogens with one attached hydrogen (secondary N) is 3. The highest BCUT2D eigenvalue weighted by Gasteiger charge is 2.21. The van der Waals surface area contributed by atoms with Crippen LogP contribution in [0.2, 0.25) is 0 Å². The Kier molecular flexibility index (Phi) is 4.00. The van der Waals surface area contributed by atoms with Crippen LogP contribution >= 0.6 is 0 Å². The first kappa shape index (κ1) is 16.1. The Hall–Kier alpha value is -3.42. The maximum atomic E-state index is 12.7. The molecule has 132 valence electrons. The first-order chi connectivity index (χ1) is 12.7. The molecule has 3 heterocycles. The van der Waals surface area contributed by atoms with Gasteiger partial charge in [0.05, 0.1) is 22.2 Å². The standard InChI is InChI=1S/C18H18N6O2/c19-10-13-15-14(17(25)24(22-15)12-6-2-1-3-7-12)11-20-16(13)21-18(26)23-8-4-5-9-23/h1-3,6-7,10-11,19,22H,4-5,8-9H2,(H,20,21,26). The molecule has 1 fully saturated rings. The number of nitrogens with zero attached hydrogens (tertiary/aromatic N) is 3. The largest absolute Gasteiger partial charge is 0.324 e. The number of benzene rings is 1. The highest BCUT2D eigenvalue weighted by Crippen LogP contribution is 2.21. The molecule has 0 aliphatic carbocycles. The number of carbonyl (C=O) groups is 1. The Morgan fingerprint density at radius 1 is 1.23 bits per heavy atom. The van der Waals surface area contributed by atoms with Crippen molar-refractivity contribution in [1.29, 1.82) is 5.41 Å². The van der Waals surface area contributed by atoms with E-state index in [1.54, 1.807) is 4.90 Å². The number of aromatic nitrogens is 3. The van der Waals surface area contributed by atoms with Crippen molar-refractivity contribution in [1.82, 2.24) is 19.7 Å². The molecular weight excluding hydrogens is 332 g/mol. The van der Waals surface area contributed by atoms with Crippen molar-refractivity contribution in [2.45, 2.75) is 12.8 Å². The number of aromatic amines is 1. The quantitative estimate of drug-likeness (QED) is 0.631. The minimum atomic E-state index is -0.251. The average Bonchev–Trinajstić information content (AvgIpc) is 3.31. The molecule has 1 aromatic carbocycles. The average molecular weight is 350 g/mol. The molecular formula is C18H18N6O2. The summed E-state index contributed by atoms with van der Waals surface area (Å²) >= 11 is 0. The van der Waals surface area contributed by atoms with Crippen molar-refractivity contribution >= 4 is 29.0 Å². The maximum absolute atomic E-state index is 12.7. The van der Waals surface area contributed by atoms with Crippen LogP contribution in [0.15, 0.2) is 41.3 Å². The fourth-order valence-electron chi connectivity index (χ4n) is 3.19. The van der Waals surface area contributed by atoms with E-state index in [0.717, 1.165) is 32.1 Å². The van der Waals surface area contributed by atoms with E-state index in [9.17, 15) is 9.59 Å². The Balaban J connectivity index is 1.78. The topological polar surface area (TPSA) is 107 Å². The van der Waals surface area contributed by atoms with E-state index in [-0.39, 0.29) is 17.4 Å². The van der Waals surface area contributed by atoms with Gasteiger partial charge in [-0.2, -0.15) is 0 Å². The molecule has 0 spiro atoms. The van der Waals surface area contributed by atoms with Gasteiger partial charge in [-0.25, -0.2) is 14.5 Å². The zero-order valence-corrected chi connectivity index (χ0v) is 14.0. The zero-order valence-electron chi connectivity index (χ0n) is 14.0. The lowest BCUT2D eigenvalue weighted by atomic mass is 10.2. The molecule has 0 atom stereocenters. The summed E-state index contributed by atoms with van der Waals surface area (Å²) in [7, 11) is 0. The number of hydrogen-bond acceptors (Lipinski definition) is 4. The first-order valence-corrected chi connectivity index (χ1v) is 8.44. The molecule has 3 N–H and O–H groups in total. The number of likely N-dealkylation sites (tertiary alicyclic amines) is 1. The SMILES string of the molecule is N=Cc1c(NC(=O)N2CCCC2)ncc2c(=O)n(-c3ccccc3)[nH]c12. The molecule has 0 radical (unpaired) electrons. The Morgan fingerprint density at radius 2 is 1.96 bits per heavy atom. The van der Waals surface area contributed by atoms with Crippen molar-refractivity contribution in [2.24, 2.45) is 0 Å².